The summed E-state index contributed by atoms with van der Waals surface area (Å²) in [5.74, 6) is 1.34. The Morgan fingerprint density at radius 2 is 1.67 bits per heavy atom. The number of hydrogen-bond acceptors (Lipinski definition) is 5. The molecule has 0 unspecified atom stereocenters. The molecule has 0 heterocycles. The summed E-state index contributed by atoms with van der Waals surface area (Å²) in [6.45, 7) is 0. The van der Waals surface area contributed by atoms with E-state index in [2.05, 4.69) is 0 Å². The largest absolute Gasteiger partial charge is 0.493 e. The molecule has 0 spiro atoms. The molecule has 126 valence electrons. The van der Waals surface area contributed by atoms with Gasteiger partial charge in [-0.1, -0.05) is 17.7 Å². The molecule has 5 nitrogen and oxygen atoms in total. The second-order valence-electron chi connectivity index (χ2n) is 4.67. The van der Waals surface area contributed by atoms with Crippen molar-refractivity contribution in [1.29, 1.82) is 0 Å². The molecule has 0 saturated carbocycles. The van der Waals surface area contributed by atoms with Gasteiger partial charge in [-0.15, -0.1) is 0 Å². The zero-order chi connectivity index (χ0) is 17.5. The summed E-state index contributed by atoms with van der Waals surface area (Å²) in [5.41, 5.74) is 0.701. The van der Waals surface area contributed by atoms with Gasteiger partial charge in [-0.3, -0.25) is 0 Å². The van der Waals surface area contributed by atoms with E-state index in [9.17, 15) is 4.79 Å². The Balaban J connectivity index is 2.17. The Kier molecular flexibility index (Phi) is 6.09. The lowest BCUT2D eigenvalue weighted by molar-refractivity contribution is -0.128. The molecule has 0 aliphatic heterocycles. The first-order valence-electron chi connectivity index (χ1n) is 7.03. The summed E-state index contributed by atoms with van der Waals surface area (Å²) < 4.78 is 21.0. The highest BCUT2D eigenvalue weighted by Gasteiger charge is 2.12. The normalized spacial score (nSPS) is 10.5. The first kappa shape index (κ1) is 17.7. The SMILES string of the molecule is COc1cc(/C=C/C(=O)Oc2cccc(Cl)c2)cc(OC)c1OC. The summed E-state index contributed by atoms with van der Waals surface area (Å²) in [5, 5.41) is 0.494. The number of rotatable bonds is 6. The highest BCUT2D eigenvalue weighted by Crippen LogP contribution is 2.38. The van der Waals surface area contributed by atoms with Gasteiger partial charge < -0.3 is 18.9 Å². The quantitative estimate of drug-likeness (QED) is 0.449. The maximum atomic E-state index is 11.9. The van der Waals surface area contributed by atoms with E-state index in [-0.39, 0.29) is 0 Å². The molecule has 2 aromatic rings. The van der Waals surface area contributed by atoms with Gasteiger partial charge in [-0.05, 0) is 42.0 Å². The van der Waals surface area contributed by atoms with Crippen LogP contribution >= 0.6 is 11.6 Å². The topological polar surface area (TPSA) is 54.0 Å². The highest BCUT2D eigenvalue weighted by molar-refractivity contribution is 6.30. The molecule has 2 aromatic carbocycles. The van der Waals surface area contributed by atoms with Crippen molar-refractivity contribution in [1.82, 2.24) is 0 Å². The highest BCUT2D eigenvalue weighted by atomic mass is 35.5. The van der Waals surface area contributed by atoms with E-state index in [0.717, 1.165) is 0 Å². The van der Waals surface area contributed by atoms with Crippen molar-refractivity contribution in [2.75, 3.05) is 21.3 Å². The summed E-state index contributed by atoms with van der Waals surface area (Å²) in [4.78, 5) is 11.9. The number of halogens is 1. The average Bonchev–Trinajstić information content (AvgIpc) is 2.58. The van der Waals surface area contributed by atoms with Crippen LogP contribution in [-0.2, 0) is 4.79 Å². The third-order valence-corrected chi connectivity index (χ3v) is 3.35. The molecule has 0 atom stereocenters. The number of ether oxygens (including phenoxy) is 4. The van der Waals surface area contributed by atoms with Gasteiger partial charge in [0.05, 0.1) is 21.3 Å². The van der Waals surface area contributed by atoms with Crippen molar-refractivity contribution in [2.45, 2.75) is 0 Å². The van der Waals surface area contributed by atoms with Crippen molar-refractivity contribution in [2.24, 2.45) is 0 Å². The molecule has 0 fully saturated rings. The third-order valence-electron chi connectivity index (χ3n) is 3.11. The Labute approximate surface area is 145 Å². The standard InChI is InChI=1S/C18H17ClO5/c1-21-15-9-12(10-16(22-2)18(15)23-3)7-8-17(20)24-14-6-4-5-13(19)11-14/h4-11H,1-3H3/b8-7+. The van der Waals surface area contributed by atoms with Crippen LogP contribution in [-0.4, -0.2) is 27.3 Å². The van der Waals surface area contributed by atoms with Gasteiger partial charge in [0.15, 0.2) is 11.5 Å². The lowest BCUT2D eigenvalue weighted by Crippen LogP contribution is -2.03. The molecule has 0 N–H and O–H groups in total. The molecule has 24 heavy (non-hydrogen) atoms. The zero-order valence-electron chi connectivity index (χ0n) is 13.5. The van der Waals surface area contributed by atoms with Crippen LogP contribution in [0.15, 0.2) is 42.5 Å². The first-order valence-corrected chi connectivity index (χ1v) is 7.40. The van der Waals surface area contributed by atoms with E-state index in [4.69, 9.17) is 30.5 Å². The smallest absolute Gasteiger partial charge is 0.336 e. The summed E-state index contributed by atoms with van der Waals surface area (Å²) in [6, 6.07) is 10.1. The predicted octanol–water partition coefficient (Wildman–Crippen LogP) is 3.98. The molecule has 0 saturated heterocycles. The molecule has 0 bridgehead atoms. The van der Waals surface area contributed by atoms with Crippen LogP contribution in [0.1, 0.15) is 5.56 Å². The monoisotopic (exact) mass is 348 g/mol. The second-order valence-corrected chi connectivity index (χ2v) is 5.11. The molecule has 0 aliphatic carbocycles. The number of esters is 1. The van der Waals surface area contributed by atoms with E-state index >= 15 is 0 Å². The minimum Gasteiger partial charge on any atom is -0.493 e. The maximum Gasteiger partial charge on any atom is 0.336 e. The molecule has 0 aromatic heterocycles. The molecule has 0 amide bonds. The van der Waals surface area contributed by atoms with Gasteiger partial charge in [0, 0.05) is 11.1 Å². The third kappa shape index (κ3) is 4.43. The molecule has 2 rings (SSSR count). The first-order chi connectivity index (χ1) is 11.6. The molecule has 0 aliphatic rings. The van der Waals surface area contributed by atoms with Gasteiger partial charge >= 0.3 is 5.97 Å². The van der Waals surface area contributed by atoms with Gasteiger partial charge in [-0.2, -0.15) is 0 Å². The minimum atomic E-state index is -0.522. The number of carbonyl (C=O) groups is 1. The number of hydrogen-bond donors (Lipinski definition) is 0. The van der Waals surface area contributed by atoms with Crippen molar-refractivity contribution >= 4 is 23.6 Å². The zero-order valence-corrected chi connectivity index (χ0v) is 14.3. The summed E-state index contributed by atoms with van der Waals surface area (Å²) >= 11 is 5.85. The van der Waals surface area contributed by atoms with Crippen molar-refractivity contribution in [3.8, 4) is 23.0 Å². The number of carbonyl (C=O) groups excluding carboxylic acids is 1. The lowest BCUT2D eigenvalue weighted by atomic mass is 10.1. The van der Waals surface area contributed by atoms with Crippen LogP contribution in [0.3, 0.4) is 0 Å². The fraction of sp³-hybridized carbons (Fsp3) is 0.167. The van der Waals surface area contributed by atoms with E-state index in [0.29, 0.717) is 33.6 Å². The fourth-order valence-electron chi connectivity index (χ4n) is 2.04. The van der Waals surface area contributed by atoms with Gasteiger partial charge in [0.2, 0.25) is 5.75 Å². The van der Waals surface area contributed by atoms with Crippen LogP contribution in [0.5, 0.6) is 23.0 Å². The van der Waals surface area contributed by atoms with Crippen molar-refractivity contribution in [3.63, 3.8) is 0 Å². The molecule has 6 heteroatoms. The molecular weight excluding hydrogens is 332 g/mol. The maximum absolute atomic E-state index is 11.9. The van der Waals surface area contributed by atoms with E-state index in [1.54, 1.807) is 42.5 Å². The second kappa shape index (κ2) is 8.26. The van der Waals surface area contributed by atoms with Crippen LogP contribution in [0, 0.1) is 0 Å². The Hall–Kier alpha value is -2.66. The van der Waals surface area contributed by atoms with Gasteiger partial charge in [-0.25, -0.2) is 4.79 Å². The fourth-order valence-corrected chi connectivity index (χ4v) is 2.22. The minimum absolute atomic E-state index is 0.377. The number of benzene rings is 2. The lowest BCUT2D eigenvalue weighted by Gasteiger charge is -2.12. The van der Waals surface area contributed by atoms with Crippen LogP contribution in [0.2, 0.25) is 5.02 Å². The summed E-state index contributed by atoms with van der Waals surface area (Å²) in [6.07, 6.45) is 2.90. The Morgan fingerprint density at radius 3 is 2.21 bits per heavy atom. The van der Waals surface area contributed by atoms with Crippen LogP contribution < -0.4 is 18.9 Å². The molecule has 0 radical (unpaired) electrons. The van der Waals surface area contributed by atoms with E-state index in [1.807, 2.05) is 0 Å². The predicted molar refractivity (Wildman–Crippen MR) is 92.2 cm³/mol. The van der Waals surface area contributed by atoms with Gasteiger partial charge in [0.1, 0.15) is 5.75 Å². The van der Waals surface area contributed by atoms with Crippen molar-refractivity contribution < 1.29 is 23.7 Å². The summed E-state index contributed by atoms with van der Waals surface area (Å²) in [7, 11) is 4.58. The number of methoxy groups -OCH3 is 3. The van der Waals surface area contributed by atoms with Crippen molar-refractivity contribution in [3.05, 3.63) is 53.1 Å². The van der Waals surface area contributed by atoms with Gasteiger partial charge in [0.25, 0.3) is 0 Å². The Bertz CT molecular complexity index is 730. The van der Waals surface area contributed by atoms with E-state index in [1.165, 1.54) is 27.4 Å². The van der Waals surface area contributed by atoms with Crippen LogP contribution in [0.4, 0.5) is 0 Å². The Morgan fingerprint density at radius 1 is 1.00 bits per heavy atom. The van der Waals surface area contributed by atoms with E-state index < -0.39 is 5.97 Å². The van der Waals surface area contributed by atoms with Crippen LogP contribution in [0.25, 0.3) is 6.08 Å². The molecular formula is C18H17ClO5. The average molecular weight is 349 g/mol.